The van der Waals surface area contributed by atoms with Crippen molar-refractivity contribution >= 4 is 16.9 Å². The van der Waals surface area contributed by atoms with Crippen molar-refractivity contribution in [1.29, 1.82) is 0 Å². The Labute approximate surface area is 165 Å². The number of hydrogen-bond acceptors (Lipinski definition) is 3. The van der Waals surface area contributed by atoms with Crippen LogP contribution in [0.3, 0.4) is 0 Å². The van der Waals surface area contributed by atoms with E-state index in [1.165, 1.54) is 30.4 Å². The molecule has 1 amide bonds. The highest BCUT2D eigenvalue weighted by Gasteiger charge is 2.26. The molecule has 28 heavy (non-hydrogen) atoms. The molecular formula is C23H26N4O. The maximum Gasteiger partial charge on any atom is 0.251 e. The van der Waals surface area contributed by atoms with Gasteiger partial charge < -0.3 is 10.3 Å². The summed E-state index contributed by atoms with van der Waals surface area (Å²) in [6, 6.07) is 14.9. The van der Waals surface area contributed by atoms with Gasteiger partial charge in [-0.3, -0.25) is 9.69 Å². The summed E-state index contributed by atoms with van der Waals surface area (Å²) in [6.07, 6.45) is 6.21. The van der Waals surface area contributed by atoms with Gasteiger partial charge in [-0.25, -0.2) is 4.98 Å². The molecule has 5 rings (SSSR count). The number of carbonyl (C=O) groups excluding carboxylic acids is 1. The van der Waals surface area contributed by atoms with E-state index in [1.807, 2.05) is 30.3 Å². The molecule has 144 valence electrons. The van der Waals surface area contributed by atoms with Crippen LogP contribution in [0.15, 0.2) is 42.5 Å². The lowest BCUT2D eigenvalue weighted by molar-refractivity contribution is 0.0950. The molecule has 0 unspecified atom stereocenters. The lowest BCUT2D eigenvalue weighted by Gasteiger charge is -2.36. The molecule has 1 aliphatic heterocycles. The number of aromatic nitrogens is 2. The summed E-state index contributed by atoms with van der Waals surface area (Å²) in [4.78, 5) is 23.1. The van der Waals surface area contributed by atoms with Crippen LogP contribution in [-0.4, -0.2) is 39.9 Å². The van der Waals surface area contributed by atoms with Crippen molar-refractivity contribution in [2.75, 3.05) is 13.1 Å². The van der Waals surface area contributed by atoms with Gasteiger partial charge in [0.1, 0.15) is 5.82 Å². The van der Waals surface area contributed by atoms with Crippen LogP contribution in [0.2, 0.25) is 0 Å². The molecule has 5 nitrogen and oxygen atoms in total. The molecule has 5 heteroatoms. The second-order valence-electron chi connectivity index (χ2n) is 7.99. The summed E-state index contributed by atoms with van der Waals surface area (Å²) < 4.78 is 0. The number of rotatable bonds is 4. The molecule has 2 heterocycles. The van der Waals surface area contributed by atoms with Crippen molar-refractivity contribution in [3.05, 3.63) is 65.0 Å². The Bertz CT molecular complexity index is 972. The summed E-state index contributed by atoms with van der Waals surface area (Å²) in [7, 11) is 0. The van der Waals surface area contributed by atoms with Crippen LogP contribution >= 0.6 is 0 Å². The summed E-state index contributed by atoms with van der Waals surface area (Å²) in [5.74, 6) is 0.740. The third-order valence-electron chi connectivity index (χ3n) is 6.25. The number of para-hydroxylation sites is 2. The van der Waals surface area contributed by atoms with Crippen LogP contribution in [-0.2, 0) is 19.4 Å². The first-order chi connectivity index (χ1) is 13.8. The number of hydrogen-bond donors (Lipinski definition) is 2. The van der Waals surface area contributed by atoms with Gasteiger partial charge in [0, 0.05) is 24.7 Å². The molecule has 1 saturated carbocycles. The first-order valence-corrected chi connectivity index (χ1v) is 10.3. The number of nitrogens with zero attached hydrogens (tertiary/aromatic N) is 2. The highest BCUT2D eigenvalue weighted by Crippen LogP contribution is 2.27. The number of carbonyl (C=O) groups is 1. The van der Waals surface area contributed by atoms with Crippen molar-refractivity contribution in [1.82, 2.24) is 20.2 Å². The molecule has 0 radical (unpaired) electrons. The maximum atomic E-state index is 12.7. The molecule has 0 saturated heterocycles. The zero-order valence-corrected chi connectivity index (χ0v) is 16.1. The highest BCUT2D eigenvalue weighted by molar-refractivity contribution is 5.94. The highest BCUT2D eigenvalue weighted by atomic mass is 16.1. The first kappa shape index (κ1) is 17.4. The van der Waals surface area contributed by atoms with Gasteiger partial charge in [0.05, 0.1) is 17.6 Å². The van der Waals surface area contributed by atoms with E-state index in [-0.39, 0.29) is 5.91 Å². The summed E-state index contributed by atoms with van der Waals surface area (Å²) in [6.45, 7) is 2.66. The fourth-order valence-corrected chi connectivity index (χ4v) is 4.36. The van der Waals surface area contributed by atoms with Crippen molar-refractivity contribution in [3.8, 4) is 0 Å². The largest absolute Gasteiger partial charge is 0.345 e. The molecule has 1 fully saturated rings. The molecule has 2 N–H and O–H groups in total. The number of H-pyrrole nitrogens is 1. The van der Waals surface area contributed by atoms with Gasteiger partial charge in [-0.2, -0.15) is 0 Å². The molecule has 3 aromatic rings. The predicted octanol–water partition coefficient (Wildman–Crippen LogP) is 3.45. The molecule has 0 bridgehead atoms. The Morgan fingerprint density at radius 3 is 2.71 bits per heavy atom. The van der Waals surface area contributed by atoms with Crippen molar-refractivity contribution in [3.63, 3.8) is 0 Å². The second-order valence-corrected chi connectivity index (χ2v) is 7.99. The lowest BCUT2D eigenvalue weighted by atomic mass is 9.91. The summed E-state index contributed by atoms with van der Waals surface area (Å²) >= 11 is 0. The Hall–Kier alpha value is -2.66. The van der Waals surface area contributed by atoms with E-state index in [1.54, 1.807) is 0 Å². The zero-order valence-electron chi connectivity index (χ0n) is 16.1. The lowest BCUT2D eigenvalue weighted by Crippen LogP contribution is -2.41. The van der Waals surface area contributed by atoms with Crippen molar-refractivity contribution in [2.45, 2.75) is 44.7 Å². The van der Waals surface area contributed by atoms with Gasteiger partial charge in [-0.05, 0) is 61.1 Å². The average molecular weight is 374 g/mol. The zero-order chi connectivity index (χ0) is 18.9. The van der Waals surface area contributed by atoms with Gasteiger partial charge >= 0.3 is 0 Å². The second kappa shape index (κ2) is 7.40. The standard InChI is InChI=1S/C23H26N4O/c28-23(24-15-22-25-20-6-1-2-7-21(20)26-22)18-9-8-16-10-12-27(19-4-3-5-19)13-11-17(16)14-18/h1-2,6-9,14,19H,3-5,10-13,15H2,(H,24,28)(H,25,26). The smallest absolute Gasteiger partial charge is 0.251 e. The van der Waals surface area contributed by atoms with E-state index in [0.717, 1.165) is 54.4 Å². The van der Waals surface area contributed by atoms with Gasteiger partial charge in [-0.1, -0.05) is 24.6 Å². The molecule has 0 spiro atoms. The van der Waals surface area contributed by atoms with Gasteiger partial charge in [-0.15, -0.1) is 0 Å². The quantitative estimate of drug-likeness (QED) is 0.735. The minimum Gasteiger partial charge on any atom is -0.345 e. The monoisotopic (exact) mass is 374 g/mol. The Morgan fingerprint density at radius 1 is 1.11 bits per heavy atom. The number of amides is 1. The van der Waals surface area contributed by atoms with Gasteiger partial charge in [0.25, 0.3) is 5.91 Å². The molecule has 1 aliphatic carbocycles. The third-order valence-corrected chi connectivity index (χ3v) is 6.25. The Morgan fingerprint density at radius 2 is 1.93 bits per heavy atom. The minimum atomic E-state index is -0.0386. The van der Waals surface area contributed by atoms with Crippen molar-refractivity contribution < 1.29 is 4.79 Å². The molecule has 0 atom stereocenters. The summed E-state index contributed by atoms with van der Waals surface area (Å²) in [5.41, 5.74) is 5.39. The number of fused-ring (bicyclic) bond motifs is 2. The average Bonchev–Trinajstić information content (AvgIpc) is 2.99. The number of nitrogens with one attached hydrogen (secondary N) is 2. The van der Waals surface area contributed by atoms with Gasteiger partial charge in [0.2, 0.25) is 0 Å². The minimum absolute atomic E-state index is 0.0386. The SMILES string of the molecule is O=C(NCc1nc2ccccc2[nH]1)c1ccc2c(c1)CCN(C1CCC1)CC2. The maximum absolute atomic E-state index is 12.7. The molecule has 1 aromatic heterocycles. The van der Waals surface area contributed by atoms with Crippen LogP contribution in [0.4, 0.5) is 0 Å². The van der Waals surface area contributed by atoms with E-state index in [4.69, 9.17) is 0 Å². The third kappa shape index (κ3) is 3.42. The molecule has 2 aromatic carbocycles. The number of imidazole rings is 1. The predicted molar refractivity (Wildman–Crippen MR) is 110 cm³/mol. The van der Waals surface area contributed by atoms with E-state index >= 15 is 0 Å². The van der Waals surface area contributed by atoms with Crippen LogP contribution in [0.1, 0.15) is 46.6 Å². The van der Waals surface area contributed by atoms with Crippen molar-refractivity contribution in [2.24, 2.45) is 0 Å². The number of benzene rings is 2. The van der Waals surface area contributed by atoms with Crippen LogP contribution in [0.5, 0.6) is 0 Å². The van der Waals surface area contributed by atoms with E-state index in [2.05, 4.69) is 32.3 Å². The van der Waals surface area contributed by atoms with E-state index < -0.39 is 0 Å². The van der Waals surface area contributed by atoms with Crippen LogP contribution < -0.4 is 5.32 Å². The Balaban J connectivity index is 1.25. The molecular weight excluding hydrogens is 348 g/mol. The fourth-order valence-electron chi connectivity index (χ4n) is 4.36. The fraction of sp³-hybridized carbons (Fsp3) is 0.391. The normalized spacial score (nSPS) is 17.7. The topological polar surface area (TPSA) is 61.0 Å². The number of aromatic amines is 1. The van der Waals surface area contributed by atoms with Gasteiger partial charge in [0.15, 0.2) is 0 Å². The van der Waals surface area contributed by atoms with E-state index in [0.29, 0.717) is 6.54 Å². The first-order valence-electron chi connectivity index (χ1n) is 10.3. The van der Waals surface area contributed by atoms with Crippen LogP contribution in [0, 0.1) is 0 Å². The Kier molecular flexibility index (Phi) is 4.61. The summed E-state index contributed by atoms with van der Waals surface area (Å²) in [5, 5.41) is 3.00. The van der Waals surface area contributed by atoms with Crippen LogP contribution in [0.25, 0.3) is 11.0 Å². The van der Waals surface area contributed by atoms with E-state index in [9.17, 15) is 4.79 Å². The molecule has 2 aliphatic rings.